The average Bonchev–Trinajstić information content (AvgIpc) is 2.08. The van der Waals surface area contributed by atoms with Crippen molar-refractivity contribution in [2.24, 2.45) is 0 Å². The molecule has 11 heavy (non-hydrogen) atoms. The Kier molecular flexibility index (Phi) is 9.38. The molecule has 0 aliphatic heterocycles. The van der Waals surface area contributed by atoms with Gasteiger partial charge in [0, 0.05) is 0 Å². The van der Waals surface area contributed by atoms with Crippen molar-refractivity contribution in [1.29, 1.82) is 0 Å². The summed E-state index contributed by atoms with van der Waals surface area (Å²) in [6, 6.07) is 9.77. The molecule has 0 aliphatic carbocycles. The minimum atomic E-state index is -0.931. The van der Waals surface area contributed by atoms with Crippen LogP contribution < -0.4 is 0 Å². The maximum atomic E-state index is 5.40. The molecule has 4 heteroatoms. The molecule has 0 nitrogen and oxygen atoms in total. The SMILES string of the molecule is Cl[CH]c1ccccc1.[Cl][Zn][Cl]. The summed E-state index contributed by atoms with van der Waals surface area (Å²) in [5.74, 6) is 1.56. The Morgan fingerprint density at radius 2 is 1.55 bits per heavy atom. The third-order valence-corrected chi connectivity index (χ3v) is 1.18. The predicted octanol–water partition coefficient (Wildman–Crippen LogP) is 3.81. The van der Waals surface area contributed by atoms with Crippen LogP contribution in [0.5, 0.6) is 0 Å². The Morgan fingerprint density at radius 3 is 1.82 bits per heavy atom. The fourth-order valence-corrected chi connectivity index (χ4v) is 0.671. The van der Waals surface area contributed by atoms with Gasteiger partial charge in [-0.3, -0.25) is 0 Å². The van der Waals surface area contributed by atoms with E-state index in [1.807, 2.05) is 30.3 Å². The van der Waals surface area contributed by atoms with Crippen LogP contribution >= 0.6 is 31.0 Å². The average molecular weight is 262 g/mol. The molecule has 1 aromatic rings. The molecule has 0 saturated heterocycles. The van der Waals surface area contributed by atoms with Crippen molar-refractivity contribution in [1.82, 2.24) is 0 Å². The zero-order valence-corrected chi connectivity index (χ0v) is 11.0. The topological polar surface area (TPSA) is 0 Å². The second kappa shape index (κ2) is 8.81. The summed E-state index contributed by atoms with van der Waals surface area (Å²) < 4.78 is 0. The first-order valence-electron chi connectivity index (χ1n) is 2.95. The zero-order chi connectivity index (χ0) is 8.53. The van der Waals surface area contributed by atoms with Gasteiger partial charge in [-0.1, -0.05) is 30.3 Å². The van der Waals surface area contributed by atoms with Gasteiger partial charge in [0.15, 0.2) is 0 Å². The van der Waals surface area contributed by atoms with Gasteiger partial charge in [-0.15, -0.1) is 11.6 Å². The Hall–Kier alpha value is 0.713. The summed E-state index contributed by atoms with van der Waals surface area (Å²) in [5, 5.41) is 0. The number of benzene rings is 1. The normalized spacial score (nSPS) is 7.55. The van der Waals surface area contributed by atoms with E-state index in [-0.39, 0.29) is 0 Å². The van der Waals surface area contributed by atoms with Crippen molar-refractivity contribution in [2.75, 3.05) is 0 Å². The minimum absolute atomic E-state index is 0.931. The molecule has 0 unspecified atom stereocenters. The van der Waals surface area contributed by atoms with Gasteiger partial charge in [-0.2, -0.15) is 0 Å². The fraction of sp³-hybridized carbons (Fsp3) is 0. The van der Waals surface area contributed by atoms with Gasteiger partial charge in [-0.25, -0.2) is 0 Å². The molecule has 0 amide bonds. The molecule has 0 N–H and O–H groups in total. The van der Waals surface area contributed by atoms with Gasteiger partial charge in [0.05, 0.1) is 5.88 Å². The first kappa shape index (κ1) is 11.7. The number of rotatable bonds is 1. The summed E-state index contributed by atoms with van der Waals surface area (Å²) in [6.07, 6.45) is 0. The second-order valence-corrected chi connectivity index (χ2v) is 6.46. The van der Waals surface area contributed by atoms with Crippen molar-refractivity contribution < 1.29 is 15.1 Å². The first-order valence-corrected chi connectivity index (χ1v) is 11.2. The van der Waals surface area contributed by atoms with Gasteiger partial charge in [-0.05, 0) is 5.56 Å². The third-order valence-electron chi connectivity index (χ3n) is 0.926. The van der Waals surface area contributed by atoms with Gasteiger partial charge >= 0.3 is 34.5 Å². The van der Waals surface area contributed by atoms with E-state index in [9.17, 15) is 0 Å². The van der Waals surface area contributed by atoms with E-state index in [0.29, 0.717) is 0 Å². The summed E-state index contributed by atoms with van der Waals surface area (Å²) in [4.78, 5) is 0. The molecule has 1 aromatic carbocycles. The van der Waals surface area contributed by atoms with Crippen molar-refractivity contribution in [2.45, 2.75) is 0 Å². The molecule has 1 rings (SSSR count). The van der Waals surface area contributed by atoms with Crippen LogP contribution in [0, 0.1) is 5.88 Å². The Balaban J connectivity index is 0.000000292. The molecule has 0 saturated carbocycles. The molecule has 57 valence electrons. The van der Waals surface area contributed by atoms with E-state index in [1.165, 1.54) is 0 Å². The van der Waals surface area contributed by atoms with E-state index in [2.05, 4.69) is 0 Å². The van der Waals surface area contributed by atoms with Crippen LogP contribution in [0.2, 0.25) is 0 Å². The van der Waals surface area contributed by atoms with Crippen LogP contribution in [0.4, 0.5) is 0 Å². The van der Waals surface area contributed by atoms with Gasteiger partial charge in [0.2, 0.25) is 0 Å². The van der Waals surface area contributed by atoms with E-state index < -0.39 is 15.1 Å². The van der Waals surface area contributed by atoms with E-state index in [0.717, 1.165) is 5.56 Å². The van der Waals surface area contributed by atoms with E-state index in [1.54, 1.807) is 5.88 Å². The Morgan fingerprint density at radius 1 is 1.09 bits per heavy atom. The predicted molar refractivity (Wildman–Crippen MR) is 47.4 cm³/mol. The summed E-state index contributed by atoms with van der Waals surface area (Å²) in [6.45, 7) is 0. The van der Waals surface area contributed by atoms with E-state index >= 15 is 0 Å². The fourth-order valence-electron chi connectivity index (χ4n) is 0.526. The van der Waals surface area contributed by atoms with Crippen LogP contribution in [0.15, 0.2) is 30.3 Å². The summed E-state index contributed by atoms with van der Waals surface area (Å²) >= 11 is 4.47. The first-order chi connectivity index (χ1) is 5.35. The monoisotopic (exact) mass is 259 g/mol. The standard InChI is InChI=1S/C7H6Cl.2ClH.Zn/c8-6-7-4-2-1-3-5-7;;;/h1-6H;2*1H;/q;;;+2/p-2. The van der Waals surface area contributed by atoms with E-state index in [4.69, 9.17) is 31.0 Å². The quantitative estimate of drug-likeness (QED) is 0.675. The molecule has 0 aliphatic rings. The van der Waals surface area contributed by atoms with Crippen LogP contribution in [0.3, 0.4) is 0 Å². The number of halogens is 3. The van der Waals surface area contributed by atoms with Crippen molar-refractivity contribution in [3.05, 3.63) is 41.8 Å². The zero-order valence-electron chi connectivity index (χ0n) is 5.81. The van der Waals surface area contributed by atoms with Crippen LogP contribution in [0.1, 0.15) is 5.56 Å². The molecule has 0 bridgehead atoms. The number of hydrogen-bond acceptors (Lipinski definition) is 0. The van der Waals surface area contributed by atoms with Crippen molar-refractivity contribution >= 4 is 31.0 Å². The van der Waals surface area contributed by atoms with Crippen LogP contribution in [0.25, 0.3) is 0 Å². The second-order valence-electron chi connectivity index (χ2n) is 1.62. The van der Waals surface area contributed by atoms with Crippen LogP contribution in [-0.4, -0.2) is 0 Å². The molecule has 0 atom stereocenters. The molecule has 1 radical (unpaired) electrons. The number of hydrogen-bond donors (Lipinski definition) is 0. The van der Waals surface area contributed by atoms with Gasteiger partial charge in [0.25, 0.3) is 0 Å². The summed E-state index contributed by atoms with van der Waals surface area (Å²) in [5.41, 5.74) is 1.05. The third kappa shape index (κ3) is 7.09. The van der Waals surface area contributed by atoms with Gasteiger partial charge in [0.1, 0.15) is 0 Å². The molecular formula is C7H6Cl3Zn. The van der Waals surface area contributed by atoms with Crippen molar-refractivity contribution in [3.8, 4) is 0 Å². The Bertz CT molecular complexity index is 167. The van der Waals surface area contributed by atoms with Gasteiger partial charge < -0.3 is 0 Å². The molecule has 0 spiro atoms. The van der Waals surface area contributed by atoms with Crippen molar-refractivity contribution in [3.63, 3.8) is 0 Å². The Labute approximate surface area is 87.5 Å². The molecule has 0 aromatic heterocycles. The molecule has 0 fully saturated rings. The summed E-state index contributed by atoms with van der Waals surface area (Å²) in [7, 11) is 9.90. The molecular weight excluding hydrogens is 256 g/mol. The molecule has 0 heterocycles. The van der Waals surface area contributed by atoms with Crippen LogP contribution in [-0.2, 0) is 15.1 Å². The maximum absolute atomic E-state index is 5.40.